The molecule has 2 aliphatic heterocycles. The zero-order valence-electron chi connectivity index (χ0n) is 29.9. The zero-order valence-corrected chi connectivity index (χ0v) is 29.9. The Balaban J connectivity index is 0.00000160. The van der Waals surface area contributed by atoms with Crippen LogP contribution in [0.2, 0.25) is 0 Å². The van der Waals surface area contributed by atoms with E-state index in [1.807, 2.05) is 52.1 Å². The van der Waals surface area contributed by atoms with Crippen LogP contribution in [0.5, 0.6) is 11.5 Å². The lowest BCUT2D eigenvalue weighted by atomic mass is 9.88. The van der Waals surface area contributed by atoms with E-state index in [1.54, 1.807) is 41.4 Å². The number of fused-ring (bicyclic) bond motifs is 6. The first-order chi connectivity index (χ1) is 26.3. The minimum atomic E-state index is -0.671. The Labute approximate surface area is 310 Å². The lowest BCUT2D eigenvalue weighted by molar-refractivity contribution is -0.135. The average Bonchev–Trinajstić information content (AvgIpc) is 3.78. The van der Waals surface area contributed by atoms with Gasteiger partial charge in [0.2, 0.25) is 17.7 Å². The van der Waals surface area contributed by atoms with Gasteiger partial charge in [-0.3, -0.25) is 23.7 Å². The molecule has 0 saturated carbocycles. The maximum Gasteiger partial charge on any atom is 0.420 e. The maximum absolute atomic E-state index is 14.4. The van der Waals surface area contributed by atoms with E-state index >= 15 is 0 Å². The molecule has 4 heterocycles. The Bertz CT molecular complexity index is 2170. The monoisotopic (exact) mass is 738 g/mol. The maximum atomic E-state index is 14.4. The number of anilines is 1. The highest BCUT2D eigenvalue weighted by Gasteiger charge is 2.35. The Kier molecular flexibility index (Phi) is 12.1. The molecule has 0 radical (unpaired) electrons. The molecule has 3 aromatic carbocycles. The molecule has 282 valence electrons. The quantitative estimate of drug-likeness (QED) is 0.254. The van der Waals surface area contributed by atoms with Crippen LogP contribution in [-0.4, -0.2) is 93.1 Å². The first kappa shape index (κ1) is 37.4. The summed E-state index contributed by atoms with van der Waals surface area (Å²) in [7, 11) is 1.54. The Hall–Kier alpha value is -6.38. The van der Waals surface area contributed by atoms with E-state index in [-0.39, 0.29) is 37.2 Å². The van der Waals surface area contributed by atoms with Gasteiger partial charge < -0.3 is 38.7 Å². The van der Waals surface area contributed by atoms with Crippen LogP contribution in [0, 0.1) is 0 Å². The second-order valence-electron chi connectivity index (χ2n) is 12.8. The molecular formula is C39H42N6O9. The van der Waals surface area contributed by atoms with Crippen molar-refractivity contribution in [2.24, 2.45) is 0 Å². The third-order valence-electron chi connectivity index (χ3n) is 9.50. The third-order valence-corrected chi connectivity index (χ3v) is 9.50. The van der Waals surface area contributed by atoms with Gasteiger partial charge in [-0.05, 0) is 55.2 Å². The zero-order chi connectivity index (χ0) is 38.0. The number of carboxylic acid groups (broad SMARTS) is 1. The van der Waals surface area contributed by atoms with Crippen LogP contribution in [0.4, 0.5) is 5.69 Å². The van der Waals surface area contributed by atoms with Gasteiger partial charge in [-0.1, -0.05) is 36.4 Å². The van der Waals surface area contributed by atoms with Gasteiger partial charge in [0.15, 0.2) is 5.58 Å². The first-order valence-electron chi connectivity index (χ1n) is 17.7. The number of hydrogen-bond donors (Lipinski definition) is 2. The summed E-state index contributed by atoms with van der Waals surface area (Å²) >= 11 is 0. The van der Waals surface area contributed by atoms with Gasteiger partial charge in [0, 0.05) is 57.1 Å². The predicted octanol–water partition coefficient (Wildman–Crippen LogP) is 4.21. The highest BCUT2D eigenvalue weighted by molar-refractivity contribution is 6.02. The fourth-order valence-corrected chi connectivity index (χ4v) is 6.92. The van der Waals surface area contributed by atoms with E-state index in [0.717, 1.165) is 17.0 Å². The van der Waals surface area contributed by atoms with Crippen molar-refractivity contribution in [3.63, 3.8) is 0 Å². The summed E-state index contributed by atoms with van der Waals surface area (Å²) in [5.41, 5.74) is 3.12. The number of oxazole rings is 1. The van der Waals surface area contributed by atoms with Crippen LogP contribution in [-0.2, 0) is 32.3 Å². The van der Waals surface area contributed by atoms with Crippen molar-refractivity contribution in [1.29, 1.82) is 0 Å². The molecule has 2 bridgehead atoms. The van der Waals surface area contributed by atoms with Gasteiger partial charge in [-0.15, -0.1) is 0 Å². The topological polar surface area (TPSA) is 178 Å². The minimum absolute atomic E-state index is 0.0307. The second kappa shape index (κ2) is 17.4. The highest BCUT2D eigenvalue weighted by atomic mass is 16.5. The summed E-state index contributed by atoms with van der Waals surface area (Å²) in [6.07, 6.45) is 5.47. The van der Waals surface area contributed by atoms with Gasteiger partial charge in [0.1, 0.15) is 23.9 Å². The van der Waals surface area contributed by atoms with Crippen LogP contribution in [0.1, 0.15) is 37.2 Å². The molecule has 1 atom stereocenters. The van der Waals surface area contributed by atoms with Crippen molar-refractivity contribution in [2.75, 3.05) is 45.2 Å². The van der Waals surface area contributed by atoms with E-state index in [4.69, 9.17) is 23.8 Å². The van der Waals surface area contributed by atoms with Gasteiger partial charge >= 0.3 is 5.76 Å². The largest absolute Gasteiger partial charge is 0.495 e. The van der Waals surface area contributed by atoms with E-state index in [9.17, 15) is 19.2 Å². The molecule has 0 aliphatic carbocycles. The molecule has 7 rings (SSSR count). The molecule has 0 fully saturated rings. The molecule has 2 aliphatic rings. The van der Waals surface area contributed by atoms with Crippen molar-refractivity contribution in [3.05, 3.63) is 95.2 Å². The lowest BCUT2D eigenvalue weighted by Gasteiger charge is -2.32. The smallest absolute Gasteiger partial charge is 0.420 e. The molecule has 5 aromatic rings. The minimum Gasteiger partial charge on any atom is -0.495 e. The van der Waals surface area contributed by atoms with Gasteiger partial charge in [-0.2, -0.15) is 0 Å². The third kappa shape index (κ3) is 8.46. The van der Waals surface area contributed by atoms with Crippen molar-refractivity contribution in [2.45, 2.75) is 44.7 Å². The number of amides is 3. The molecule has 0 spiro atoms. The summed E-state index contributed by atoms with van der Waals surface area (Å²) in [6, 6.07) is 20.2. The summed E-state index contributed by atoms with van der Waals surface area (Å²) in [5.74, 6) is 0.0954. The summed E-state index contributed by atoms with van der Waals surface area (Å²) < 4.78 is 20.3. The number of benzene rings is 3. The highest BCUT2D eigenvalue weighted by Crippen LogP contribution is 2.39. The Morgan fingerprint density at radius 1 is 0.963 bits per heavy atom. The number of para-hydroxylation sites is 3. The summed E-state index contributed by atoms with van der Waals surface area (Å²) in [4.78, 5) is 70.2. The molecular weight excluding hydrogens is 696 g/mol. The van der Waals surface area contributed by atoms with Gasteiger partial charge in [0.25, 0.3) is 6.47 Å². The molecule has 54 heavy (non-hydrogen) atoms. The molecule has 15 heteroatoms. The Morgan fingerprint density at radius 2 is 1.72 bits per heavy atom. The number of nitrogens with one attached hydrogen (secondary N) is 1. The fraction of sp³-hybridized carbons (Fsp3) is 0.333. The Morgan fingerprint density at radius 3 is 2.54 bits per heavy atom. The molecule has 2 N–H and O–H groups in total. The number of imidazole rings is 1. The first-order valence-corrected chi connectivity index (χ1v) is 17.7. The van der Waals surface area contributed by atoms with E-state index < -0.39 is 11.7 Å². The van der Waals surface area contributed by atoms with Crippen molar-refractivity contribution in [1.82, 2.24) is 23.9 Å². The molecule has 0 saturated heterocycles. The van der Waals surface area contributed by atoms with Gasteiger partial charge in [0.05, 0.1) is 30.8 Å². The van der Waals surface area contributed by atoms with Crippen LogP contribution in [0.15, 0.2) is 88.3 Å². The van der Waals surface area contributed by atoms with E-state index in [1.165, 1.54) is 11.7 Å². The van der Waals surface area contributed by atoms with Crippen LogP contribution in [0.3, 0.4) is 0 Å². The van der Waals surface area contributed by atoms with Crippen molar-refractivity contribution in [3.8, 4) is 22.9 Å². The van der Waals surface area contributed by atoms with E-state index in [0.29, 0.717) is 86.9 Å². The molecule has 15 nitrogen and oxygen atoms in total. The number of hydrogen-bond acceptors (Lipinski definition) is 9. The number of rotatable bonds is 4. The SMILES string of the molecule is COc1cccc2c1NC(=O)CC2C(=O)N1CCCCN(C(=O)Cn2c(=O)oc3ccccc32)CCCOc2cccc(c2)-c2nccn2CC1.O=CO. The summed E-state index contributed by atoms with van der Waals surface area (Å²) in [6.45, 7) is 2.13. The van der Waals surface area contributed by atoms with Crippen LogP contribution >= 0.6 is 0 Å². The number of ether oxygens (including phenoxy) is 2. The number of aromatic nitrogens is 3. The molecule has 3 amide bonds. The predicted molar refractivity (Wildman–Crippen MR) is 198 cm³/mol. The number of methoxy groups -OCH3 is 1. The fourth-order valence-electron chi connectivity index (χ4n) is 6.92. The standard InChI is InChI=1S/C38H40N6O7.CH2O2/c1-49-32-14-7-11-28-29(24-33(45)40-35(28)32)37(47)43-17-5-4-16-41(34(46)25-44-30-12-2-3-13-31(30)51-38(44)48)18-8-22-50-27-10-6-9-26(23-27)36-39-15-19-42(36)20-21-43;2-1-3/h2-3,6-7,9-15,19,23,29H,4-5,8,16-18,20-22,24-25H2,1H3,(H,40,45);1H,(H,2,3). The van der Waals surface area contributed by atoms with Crippen LogP contribution < -0.4 is 20.5 Å². The van der Waals surface area contributed by atoms with Crippen LogP contribution in [0.25, 0.3) is 22.5 Å². The second-order valence-corrected chi connectivity index (χ2v) is 12.8. The number of carbonyl (C=O) groups is 4. The lowest BCUT2D eigenvalue weighted by Crippen LogP contribution is -2.41. The summed E-state index contributed by atoms with van der Waals surface area (Å²) in [5, 5.41) is 9.78. The normalized spacial score (nSPS) is 16.4. The molecule has 2 aromatic heterocycles. The van der Waals surface area contributed by atoms with Crippen molar-refractivity contribution < 1.29 is 38.2 Å². The molecule has 1 unspecified atom stereocenters. The number of carbonyl (C=O) groups excluding carboxylic acids is 3. The van der Waals surface area contributed by atoms with Gasteiger partial charge in [-0.25, -0.2) is 9.78 Å². The average molecular weight is 739 g/mol. The van der Waals surface area contributed by atoms with Crippen molar-refractivity contribution >= 4 is 41.0 Å². The number of nitrogens with zero attached hydrogens (tertiary/aromatic N) is 5. The van der Waals surface area contributed by atoms with E-state index in [2.05, 4.69) is 10.3 Å².